The van der Waals surface area contributed by atoms with Crippen molar-refractivity contribution in [2.45, 2.75) is 25.4 Å². The Hall–Kier alpha value is -4.84. The fourth-order valence-electron chi connectivity index (χ4n) is 6.21. The van der Waals surface area contributed by atoms with Crippen molar-refractivity contribution in [1.29, 1.82) is 5.26 Å². The second-order valence-electron chi connectivity index (χ2n) is 10.9. The number of furan rings is 1. The molecule has 2 aromatic carbocycles. The summed E-state index contributed by atoms with van der Waals surface area (Å²) in [6.07, 6.45) is 11.0. The Morgan fingerprint density at radius 2 is 1.81 bits per heavy atom. The van der Waals surface area contributed by atoms with E-state index in [2.05, 4.69) is 44.5 Å². The molecule has 8 nitrogen and oxygen atoms in total. The minimum atomic E-state index is -0.153. The molecule has 0 saturated carbocycles. The molecule has 1 N–H and O–H groups in total. The van der Waals surface area contributed by atoms with E-state index in [-0.39, 0.29) is 5.91 Å². The molecule has 0 radical (unpaired) electrons. The highest BCUT2D eigenvalue weighted by Gasteiger charge is 2.35. The zero-order valence-corrected chi connectivity index (χ0v) is 23.2. The lowest BCUT2D eigenvalue weighted by atomic mass is 9.91. The number of hydrogen-bond acceptors (Lipinski definition) is 7. The van der Waals surface area contributed by atoms with Crippen molar-refractivity contribution in [2.24, 2.45) is 0 Å². The molecule has 4 aromatic rings. The van der Waals surface area contributed by atoms with E-state index < -0.39 is 0 Å². The number of hydrogen-bond donors (Lipinski definition) is 1. The zero-order chi connectivity index (χ0) is 28.5. The number of fused-ring (bicyclic) bond motifs is 1. The van der Waals surface area contributed by atoms with Gasteiger partial charge in [0.05, 0.1) is 18.2 Å². The number of nitriles is 1. The van der Waals surface area contributed by atoms with Gasteiger partial charge in [-0.15, -0.1) is 0 Å². The molecule has 8 heteroatoms. The van der Waals surface area contributed by atoms with Gasteiger partial charge in [-0.1, -0.05) is 30.3 Å². The highest BCUT2D eigenvalue weighted by atomic mass is 16.4. The highest BCUT2D eigenvalue weighted by molar-refractivity contribution is 5.96. The van der Waals surface area contributed by atoms with Gasteiger partial charge in [-0.25, -0.2) is 9.97 Å². The van der Waals surface area contributed by atoms with Crippen LogP contribution in [0.4, 0.5) is 0 Å². The number of benzene rings is 2. The Labute approximate surface area is 244 Å². The summed E-state index contributed by atoms with van der Waals surface area (Å²) in [6, 6.07) is 19.8. The molecule has 4 heterocycles. The van der Waals surface area contributed by atoms with Crippen LogP contribution in [0.2, 0.25) is 0 Å². The van der Waals surface area contributed by atoms with Gasteiger partial charge in [0.15, 0.2) is 5.76 Å². The van der Waals surface area contributed by atoms with E-state index in [9.17, 15) is 10.1 Å². The van der Waals surface area contributed by atoms with Crippen LogP contribution in [0.15, 0.2) is 101 Å². The second kappa shape index (κ2) is 11.2. The summed E-state index contributed by atoms with van der Waals surface area (Å²) < 4.78 is 6.33. The molecular formula is C34H30N6O2. The largest absolute Gasteiger partial charge is 0.451 e. The van der Waals surface area contributed by atoms with Gasteiger partial charge in [0.2, 0.25) is 0 Å². The molecule has 1 fully saturated rings. The Bertz CT molecular complexity index is 1730. The van der Waals surface area contributed by atoms with Crippen LogP contribution in [0, 0.1) is 11.3 Å². The van der Waals surface area contributed by atoms with Crippen molar-refractivity contribution < 1.29 is 9.21 Å². The van der Waals surface area contributed by atoms with E-state index in [1.54, 1.807) is 24.5 Å². The molecule has 2 aliphatic heterocycles. The van der Waals surface area contributed by atoms with Crippen molar-refractivity contribution in [3.8, 4) is 28.5 Å². The highest BCUT2D eigenvalue weighted by Crippen LogP contribution is 2.38. The van der Waals surface area contributed by atoms with Crippen LogP contribution in [0.3, 0.4) is 0 Å². The number of nitrogens with one attached hydrogen (secondary N) is 1. The first-order valence-electron chi connectivity index (χ1n) is 14.3. The van der Waals surface area contributed by atoms with Gasteiger partial charge >= 0.3 is 0 Å². The fraction of sp³-hybridized carbons (Fsp3) is 0.235. The molecule has 0 bridgehead atoms. The third kappa shape index (κ3) is 4.94. The lowest BCUT2D eigenvalue weighted by molar-refractivity contribution is 0.0770. The average molecular weight is 555 g/mol. The SMILES string of the molecule is N#Cc1ccc(-c2cc3c(o2)C(=O)N(Cc2ccccc2-c2cncnc2)C2=C(C3)CC(N3CCNCC3)C=C2)cc1. The first-order valence-corrected chi connectivity index (χ1v) is 14.3. The number of allylic oxidation sites excluding steroid dienone is 1. The second-order valence-corrected chi connectivity index (χ2v) is 10.9. The van der Waals surface area contributed by atoms with Crippen molar-refractivity contribution in [1.82, 2.24) is 25.1 Å². The minimum Gasteiger partial charge on any atom is -0.451 e. The summed E-state index contributed by atoms with van der Waals surface area (Å²) in [4.78, 5) is 27.2. The minimum absolute atomic E-state index is 0.153. The topological polar surface area (TPSA) is 98.3 Å². The molecule has 1 aliphatic carbocycles. The quantitative estimate of drug-likeness (QED) is 0.372. The molecule has 7 rings (SSSR count). The Morgan fingerprint density at radius 1 is 1.02 bits per heavy atom. The van der Waals surface area contributed by atoms with Crippen LogP contribution in [0.5, 0.6) is 0 Å². The predicted molar refractivity (Wildman–Crippen MR) is 159 cm³/mol. The summed E-state index contributed by atoms with van der Waals surface area (Å²) >= 11 is 0. The van der Waals surface area contributed by atoms with Gasteiger partial charge in [0, 0.05) is 67.0 Å². The van der Waals surface area contributed by atoms with Gasteiger partial charge < -0.3 is 14.6 Å². The molecule has 0 spiro atoms. The molecule has 1 saturated heterocycles. The zero-order valence-electron chi connectivity index (χ0n) is 23.2. The van der Waals surface area contributed by atoms with E-state index in [4.69, 9.17) is 4.42 Å². The van der Waals surface area contributed by atoms with Crippen LogP contribution in [0.25, 0.3) is 22.5 Å². The maximum Gasteiger partial charge on any atom is 0.294 e. The molecule has 42 heavy (non-hydrogen) atoms. The Morgan fingerprint density at radius 3 is 2.60 bits per heavy atom. The van der Waals surface area contributed by atoms with E-state index >= 15 is 0 Å². The predicted octanol–water partition coefficient (Wildman–Crippen LogP) is 4.96. The summed E-state index contributed by atoms with van der Waals surface area (Å²) in [7, 11) is 0. The molecule has 1 unspecified atom stereocenters. The summed E-state index contributed by atoms with van der Waals surface area (Å²) in [5, 5.41) is 12.7. The van der Waals surface area contributed by atoms with Crippen molar-refractivity contribution >= 4 is 5.91 Å². The number of rotatable bonds is 5. The van der Waals surface area contributed by atoms with Gasteiger partial charge in [0.25, 0.3) is 5.91 Å². The van der Waals surface area contributed by atoms with Crippen LogP contribution >= 0.6 is 0 Å². The lowest BCUT2D eigenvalue weighted by Crippen LogP contribution is -2.48. The van der Waals surface area contributed by atoms with Crippen molar-refractivity contribution in [2.75, 3.05) is 26.2 Å². The van der Waals surface area contributed by atoms with Crippen LogP contribution in [0.1, 0.15) is 33.7 Å². The smallest absolute Gasteiger partial charge is 0.294 e. The monoisotopic (exact) mass is 554 g/mol. The maximum absolute atomic E-state index is 14.3. The first kappa shape index (κ1) is 26.1. The molecule has 1 amide bonds. The number of aromatic nitrogens is 2. The lowest BCUT2D eigenvalue weighted by Gasteiger charge is -2.37. The summed E-state index contributed by atoms with van der Waals surface area (Å²) in [5.41, 5.74) is 7.42. The third-order valence-electron chi connectivity index (χ3n) is 8.37. The van der Waals surface area contributed by atoms with E-state index in [1.165, 1.54) is 11.9 Å². The number of amides is 1. The number of nitrogens with zero attached hydrogens (tertiary/aromatic N) is 5. The molecular weight excluding hydrogens is 524 g/mol. The number of carbonyl (C=O) groups is 1. The van der Waals surface area contributed by atoms with E-state index in [0.29, 0.717) is 36.1 Å². The Balaban J connectivity index is 1.29. The molecule has 1 atom stereocenters. The third-order valence-corrected chi connectivity index (χ3v) is 8.37. The molecule has 3 aliphatic rings. The number of piperazine rings is 1. The van der Waals surface area contributed by atoms with Gasteiger partial charge in [-0.3, -0.25) is 9.69 Å². The van der Waals surface area contributed by atoms with E-state index in [0.717, 1.165) is 66.1 Å². The van der Waals surface area contributed by atoms with E-state index in [1.807, 2.05) is 41.3 Å². The van der Waals surface area contributed by atoms with Crippen LogP contribution < -0.4 is 5.32 Å². The van der Waals surface area contributed by atoms with Crippen molar-refractivity contribution in [3.05, 3.63) is 119 Å². The van der Waals surface area contributed by atoms with Gasteiger partial charge in [-0.2, -0.15) is 5.26 Å². The summed E-state index contributed by atoms with van der Waals surface area (Å²) in [6.45, 7) is 4.37. The first-order chi connectivity index (χ1) is 20.7. The van der Waals surface area contributed by atoms with Crippen molar-refractivity contribution in [3.63, 3.8) is 0 Å². The molecule has 2 aromatic heterocycles. The Kier molecular flexibility index (Phi) is 6.96. The maximum atomic E-state index is 14.3. The van der Waals surface area contributed by atoms with Crippen LogP contribution in [-0.2, 0) is 13.0 Å². The fourth-order valence-corrected chi connectivity index (χ4v) is 6.21. The normalized spacial score (nSPS) is 18.8. The molecule has 208 valence electrons. The van der Waals surface area contributed by atoms with Gasteiger partial charge in [-0.05, 0) is 65.9 Å². The summed E-state index contributed by atoms with van der Waals surface area (Å²) in [5.74, 6) is 0.851. The average Bonchev–Trinajstić information content (AvgIpc) is 3.44. The standard InChI is InChI=1S/C34H30N6O2/c35-18-23-5-7-24(8-6-23)32-17-27-15-26-16-29(39-13-11-36-12-14-39)9-10-31(26)40(34(41)33(27)42-32)21-25-3-1-2-4-30(25)28-19-37-22-38-20-28/h1-10,17,19-20,22,29,36H,11-16,21H2. The van der Waals surface area contributed by atoms with Crippen LogP contribution in [-0.4, -0.2) is 57.9 Å². The number of carbonyl (C=O) groups excluding carboxylic acids is 1. The van der Waals surface area contributed by atoms with Gasteiger partial charge in [0.1, 0.15) is 12.1 Å².